The Morgan fingerprint density at radius 1 is 1.27 bits per heavy atom. The van der Waals surface area contributed by atoms with Crippen LogP contribution < -0.4 is 4.74 Å². The minimum atomic E-state index is 0.181. The average Bonchev–Trinajstić information content (AvgIpc) is 3.03. The van der Waals surface area contributed by atoms with Gasteiger partial charge in [-0.15, -0.1) is 16.8 Å². The van der Waals surface area contributed by atoms with E-state index in [0.717, 1.165) is 26.7 Å². The summed E-state index contributed by atoms with van der Waals surface area (Å²) in [7, 11) is 1.65. The van der Waals surface area contributed by atoms with E-state index in [1.807, 2.05) is 34.9 Å². The molecule has 7 heteroatoms. The van der Waals surface area contributed by atoms with Crippen molar-refractivity contribution in [1.29, 1.82) is 0 Å². The molecule has 0 unspecified atom stereocenters. The van der Waals surface area contributed by atoms with Crippen molar-refractivity contribution in [3.8, 4) is 22.9 Å². The van der Waals surface area contributed by atoms with Crippen LogP contribution >= 0.6 is 27.7 Å². The van der Waals surface area contributed by atoms with Crippen LogP contribution in [0.2, 0.25) is 0 Å². The molecule has 0 saturated carbocycles. The molecule has 1 aromatic heterocycles. The first kappa shape index (κ1) is 18.5. The number of aromatic nitrogens is 3. The van der Waals surface area contributed by atoms with Crippen LogP contribution in [0.1, 0.15) is 5.56 Å². The van der Waals surface area contributed by atoms with E-state index in [0.29, 0.717) is 17.9 Å². The Hall–Kier alpha value is -2.25. The minimum absolute atomic E-state index is 0.181. The van der Waals surface area contributed by atoms with Gasteiger partial charge in [0.15, 0.2) is 11.0 Å². The Balaban J connectivity index is 1.85. The van der Waals surface area contributed by atoms with Gasteiger partial charge >= 0.3 is 0 Å². The molecule has 0 bridgehead atoms. The molecule has 0 atom stereocenters. The maximum absolute atomic E-state index is 10.1. The molecule has 0 saturated heterocycles. The number of phenols is 1. The summed E-state index contributed by atoms with van der Waals surface area (Å²) in [4.78, 5) is 0. The molecular weight excluding hydrogens is 414 g/mol. The van der Waals surface area contributed by atoms with Crippen molar-refractivity contribution in [2.24, 2.45) is 0 Å². The van der Waals surface area contributed by atoms with Crippen molar-refractivity contribution < 1.29 is 9.84 Å². The third kappa shape index (κ3) is 3.94. The molecule has 0 radical (unpaired) electrons. The van der Waals surface area contributed by atoms with Crippen LogP contribution in [0.25, 0.3) is 11.4 Å². The number of benzene rings is 2. The van der Waals surface area contributed by atoms with Gasteiger partial charge in [-0.3, -0.25) is 4.57 Å². The van der Waals surface area contributed by atoms with Gasteiger partial charge in [-0.05, 0) is 45.8 Å². The van der Waals surface area contributed by atoms with E-state index >= 15 is 0 Å². The van der Waals surface area contributed by atoms with E-state index in [9.17, 15) is 5.11 Å². The number of para-hydroxylation sites is 1. The Morgan fingerprint density at radius 2 is 2.08 bits per heavy atom. The average molecular weight is 432 g/mol. The standard InChI is InChI=1S/C19H18BrN3O2S/c1-3-10-23-18(14-6-4-5-7-16(14)24)21-22-19(23)26-12-13-8-9-17(25-2)15(20)11-13/h3-9,11,24H,1,10,12H2,2H3. The lowest BCUT2D eigenvalue weighted by atomic mass is 10.2. The molecule has 134 valence electrons. The number of rotatable bonds is 7. The van der Waals surface area contributed by atoms with Crippen molar-refractivity contribution in [1.82, 2.24) is 14.8 Å². The molecule has 1 N–H and O–H groups in total. The van der Waals surface area contributed by atoms with Gasteiger partial charge in [0.1, 0.15) is 11.5 Å². The molecule has 0 aliphatic carbocycles. The van der Waals surface area contributed by atoms with E-state index in [2.05, 4.69) is 32.7 Å². The fourth-order valence-corrected chi connectivity index (χ4v) is 3.98. The molecule has 0 amide bonds. The minimum Gasteiger partial charge on any atom is -0.507 e. The number of nitrogens with zero attached hydrogens (tertiary/aromatic N) is 3. The van der Waals surface area contributed by atoms with Crippen LogP contribution in [0.5, 0.6) is 11.5 Å². The summed E-state index contributed by atoms with van der Waals surface area (Å²) >= 11 is 5.09. The van der Waals surface area contributed by atoms with Crippen LogP contribution in [-0.4, -0.2) is 27.0 Å². The second-order valence-corrected chi connectivity index (χ2v) is 7.28. The predicted octanol–water partition coefficient (Wildman–Crippen LogP) is 4.90. The Labute approximate surface area is 164 Å². The van der Waals surface area contributed by atoms with Gasteiger partial charge in [0.2, 0.25) is 0 Å². The predicted molar refractivity (Wildman–Crippen MR) is 108 cm³/mol. The van der Waals surface area contributed by atoms with Gasteiger partial charge in [-0.1, -0.05) is 36.0 Å². The molecule has 0 aliphatic heterocycles. The smallest absolute Gasteiger partial charge is 0.192 e. The van der Waals surface area contributed by atoms with Gasteiger partial charge in [0.05, 0.1) is 17.1 Å². The fourth-order valence-electron chi connectivity index (χ4n) is 2.50. The SMILES string of the molecule is C=CCn1c(SCc2ccc(OC)c(Br)c2)nnc1-c1ccccc1O. The molecule has 26 heavy (non-hydrogen) atoms. The zero-order valence-corrected chi connectivity index (χ0v) is 16.6. The normalized spacial score (nSPS) is 10.7. The Kier molecular flexibility index (Phi) is 6.00. The number of aromatic hydroxyl groups is 1. The number of hydrogen-bond donors (Lipinski definition) is 1. The van der Waals surface area contributed by atoms with E-state index in [1.165, 1.54) is 0 Å². The lowest BCUT2D eigenvalue weighted by Crippen LogP contribution is -2.01. The number of hydrogen-bond acceptors (Lipinski definition) is 5. The lowest BCUT2D eigenvalue weighted by Gasteiger charge is -2.09. The highest BCUT2D eigenvalue weighted by Crippen LogP contribution is 2.32. The summed E-state index contributed by atoms with van der Waals surface area (Å²) in [5.41, 5.74) is 1.79. The number of thioether (sulfide) groups is 1. The third-order valence-electron chi connectivity index (χ3n) is 3.76. The molecule has 0 aliphatic rings. The van der Waals surface area contributed by atoms with Crippen LogP contribution in [0.15, 0.2) is 64.7 Å². The number of halogens is 1. The summed E-state index contributed by atoms with van der Waals surface area (Å²) in [6.07, 6.45) is 1.79. The highest BCUT2D eigenvalue weighted by molar-refractivity contribution is 9.10. The van der Waals surface area contributed by atoms with E-state index in [-0.39, 0.29) is 5.75 Å². The van der Waals surface area contributed by atoms with Crippen molar-refractivity contribution in [3.63, 3.8) is 0 Å². The van der Waals surface area contributed by atoms with Crippen molar-refractivity contribution in [2.45, 2.75) is 17.5 Å². The lowest BCUT2D eigenvalue weighted by molar-refractivity contribution is 0.412. The first-order chi connectivity index (χ1) is 12.6. The molecular formula is C19H18BrN3O2S. The van der Waals surface area contributed by atoms with Crippen LogP contribution in [-0.2, 0) is 12.3 Å². The van der Waals surface area contributed by atoms with Crippen molar-refractivity contribution in [3.05, 3.63) is 65.2 Å². The Morgan fingerprint density at radius 3 is 2.77 bits per heavy atom. The zero-order chi connectivity index (χ0) is 18.5. The summed E-state index contributed by atoms with van der Waals surface area (Å²) < 4.78 is 8.13. The van der Waals surface area contributed by atoms with Gasteiger partial charge in [-0.25, -0.2) is 0 Å². The maximum Gasteiger partial charge on any atom is 0.192 e. The number of allylic oxidation sites excluding steroid dienone is 1. The van der Waals surface area contributed by atoms with E-state index < -0.39 is 0 Å². The number of methoxy groups -OCH3 is 1. The highest BCUT2D eigenvalue weighted by Gasteiger charge is 2.16. The van der Waals surface area contributed by atoms with E-state index in [1.54, 1.807) is 37.1 Å². The molecule has 2 aromatic carbocycles. The summed E-state index contributed by atoms with van der Waals surface area (Å²) in [5, 5.41) is 19.5. The van der Waals surface area contributed by atoms with Gasteiger partial charge < -0.3 is 9.84 Å². The monoisotopic (exact) mass is 431 g/mol. The second kappa shape index (κ2) is 8.42. The molecule has 3 rings (SSSR count). The number of ether oxygens (including phenoxy) is 1. The van der Waals surface area contributed by atoms with Gasteiger partial charge in [0, 0.05) is 12.3 Å². The largest absolute Gasteiger partial charge is 0.507 e. The molecule has 5 nitrogen and oxygen atoms in total. The quantitative estimate of drug-likeness (QED) is 0.425. The van der Waals surface area contributed by atoms with Crippen molar-refractivity contribution in [2.75, 3.05) is 7.11 Å². The van der Waals surface area contributed by atoms with Crippen molar-refractivity contribution >= 4 is 27.7 Å². The van der Waals surface area contributed by atoms with Crippen LogP contribution in [0.4, 0.5) is 0 Å². The zero-order valence-electron chi connectivity index (χ0n) is 14.2. The van der Waals surface area contributed by atoms with Gasteiger partial charge in [-0.2, -0.15) is 0 Å². The third-order valence-corrected chi connectivity index (χ3v) is 5.42. The summed E-state index contributed by atoms with van der Waals surface area (Å²) in [5.74, 6) is 2.34. The maximum atomic E-state index is 10.1. The molecule has 0 fully saturated rings. The van der Waals surface area contributed by atoms with Crippen LogP contribution in [0.3, 0.4) is 0 Å². The van der Waals surface area contributed by atoms with Gasteiger partial charge in [0.25, 0.3) is 0 Å². The topological polar surface area (TPSA) is 60.2 Å². The highest BCUT2D eigenvalue weighted by atomic mass is 79.9. The molecule has 1 heterocycles. The number of phenolic OH excluding ortho intramolecular Hbond substituents is 1. The summed E-state index contributed by atoms with van der Waals surface area (Å²) in [6, 6.07) is 13.1. The fraction of sp³-hybridized carbons (Fsp3) is 0.158. The van der Waals surface area contributed by atoms with Crippen LogP contribution in [0, 0.1) is 0 Å². The molecule has 0 spiro atoms. The first-order valence-corrected chi connectivity index (χ1v) is 9.69. The Bertz CT molecular complexity index is 927. The first-order valence-electron chi connectivity index (χ1n) is 7.91. The summed E-state index contributed by atoms with van der Waals surface area (Å²) in [6.45, 7) is 4.38. The second-order valence-electron chi connectivity index (χ2n) is 5.48. The van der Waals surface area contributed by atoms with E-state index in [4.69, 9.17) is 4.74 Å². The molecule has 3 aromatic rings.